The van der Waals surface area contributed by atoms with Gasteiger partial charge in [0.25, 0.3) is 0 Å². The van der Waals surface area contributed by atoms with Crippen LogP contribution in [0.1, 0.15) is 42.9 Å². The van der Waals surface area contributed by atoms with Crippen LogP contribution in [0.15, 0.2) is 6.20 Å². The van der Waals surface area contributed by atoms with Gasteiger partial charge in [0.2, 0.25) is 0 Å². The predicted octanol–water partition coefficient (Wildman–Crippen LogP) is 1.53. The lowest BCUT2D eigenvalue weighted by atomic mass is 10.1. The average molecular weight is 279 g/mol. The molecule has 2 atom stereocenters. The van der Waals surface area contributed by atoms with Crippen LogP contribution < -0.4 is 5.32 Å². The first-order valence-electron chi connectivity index (χ1n) is 7.35. The van der Waals surface area contributed by atoms with Crippen molar-refractivity contribution in [1.29, 1.82) is 0 Å². The van der Waals surface area contributed by atoms with Crippen LogP contribution in [0.3, 0.4) is 0 Å². The molecule has 5 heteroatoms. The maximum atomic E-state index is 9.87. The number of aliphatic hydroxyl groups is 1. The van der Waals surface area contributed by atoms with Crippen LogP contribution in [0.2, 0.25) is 0 Å². The Morgan fingerprint density at radius 3 is 2.85 bits per heavy atom. The zero-order valence-electron chi connectivity index (χ0n) is 12.6. The Labute approximate surface area is 120 Å². The Morgan fingerprint density at radius 1 is 1.45 bits per heavy atom. The molecule has 2 rings (SSSR count). The normalized spacial score (nSPS) is 18.0. The van der Waals surface area contributed by atoms with E-state index in [4.69, 9.17) is 4.74 Å². The van der Waals surface area contributed by atoms with E-state index >= 15 is 0 Å². The van der Waals surface area contributed by atoms with Gasteiger partial charge in [0.15, 0.2) is 0 Å². The Kier molecular flexibility index (Phi) is 5.46. The van der Waals surface area contributed by atoms with Crippen LogP contribution >= 0.6 is 0 Å². The van der Waals surface area contributed by atoms with Gasteiger partial charge in [-0.2, -0.15) is 0 Å². The van der Waals surface area contributed by atoms with E-state index in [0.717, 1.165) is 29.6 Å². The smallest absolute Gasteiger partial charge is 0.125 e. The third-order valence-corrected chi connectivity index (χ3v) is 3.62. The number of nitrogens with one attached hydrogen (secondary N) is 1. The molecule has 20 heavy (non-hydrogen) atoms. The summed E-state index contributed by atoms with van der Waals surface area (Å²) in [5.41, 5.74) is 2.05. The number of hydrogen-bond acceptors (Lipinski definition) is 5. The molecule has 1 aromatic rings. The summed E-state index contributed by atoms with van der Waals surface area (Å²) in [6, 6.07) is 0.119. The highest BCUT2D eigenvalue weighted by atomic mass is 16.5. The molecule has 112 valence electrons. The standard InChI is InChI=1S/C15H25N3O2/c1-10(15-7-17-12(3)18-11(15)2)16-6-14(19)9-20-8-13-4-5-13/h7,10,13-14,16,19H,4-6,8-9H2,1-3H3. The highest BCUT2D eigenvalue weighted by molar-refractivity contribution is 5.19. The molecule has 1 aromatic heterocycles. The van der Waals surface area contributed by atoms with Gasteiger partial charge >= 0.3 is 0 Å². The molecule has 1 saturated carbocycles. The Balaban J connectivity index is 1.71. The van der Waals surface area contributed by atoms with Gasteiger partial charge in [-0.3, -0.25) is 0 Å². The second-order valence-corrected chi connectivity index (χ2v) is 5.72. The van der Waals surface area contributed by atoms with Crippen LogP contribution in [0.25, 0.3) is 0 Å². The van der Waals surface area contributed by atoms with E-state index in [-0.39, 0.29) is 6.04 Å². The average Bonchev–Trinajstić information content (AvgIpc) is 3.20. The molecule has 1 heterocycles. The van der Waals surface area contributed by atoms with E-state index in [2.05, 4.69) is 22.2 Å². The minimum absolute atomic E-state index is 0.119. The van der Waals surface area contributed by atoms with E-state index in [1.165, 1.54) is 12.8 Å². The molecule has 5 nitrogen and oxygen atoms in total. The summed E-state index contributed by atoms with van der Waals surface area (Å²) in [7, 11) is 0. The van der Waals surface area contributed by atoms with E-state index in [0.29, 0.717) is 13.2 Å². The summed E-state index contributed by atoms with van der Waals surface area (Å²) in [4.78, 5) is 8.59. The van der Waals surface area contributed by atoms with Crippen molar-refractivity contribution in [3.05, 3.63) is 23.3 Å². The van der Waals surface area contributed by atoms with Crippen molar-refractivity contribution in [3.8, 4) is 0 Å². The zero-order chi connectivity index (χ0) is 14.5. The highest BCUT2D eigenvalue weighted by Crippen LogP contribution is 2.28. The van der Waals surface area contributed by atoms with Gasteiger partial charge in [0.1, 0.15) is 5.82 Å². The lowest BCUT2D eigenvalue weighted by Crippen LogP contribution is -2.32. The van der Waals surface area contributed by atoms with Crippen molar-refractivity contribution >= 4 is 0 Å². The predicted molar refractivity (Wildman–Crippen MR) is 77.5 cm³/mol. The van der Waals surface area contributed by atoms with Gasteiger partial charge in [0.05, 0.1) is 12.7 Å². The van der Waals surface area contributed by atoms with Gasteiger partial charge in [-0.15, -0.1) is 0 Å². The molecule has 0 spiro atoms. The van der Waals surface area contributed by atoms with Crippen LogP contribution in [-0.4, -0.2) is 40.9 Å². The summed E-state index contributed by atoms with van der Waals surface area (Å²) >= 11 is 0. The Morgan fingerprint density at radius 2 is 2.20 bits per heavy atom. The molecule has 2 N–H and O–H groups in total. The van der Waals surface area contributed by atoms with Crippen LogP contribution in [-0.2, 0) is 4.74 Å². The number of hydrogen-bond donors (Lipinski definition) is 2. The summed E-state index contributed by atoms with van der Waals surface area (Å²) in [6.07, 6.45) is 3.93. The second kappa shape index (κ2) is 7.11. The zero-order valence-corrected chi connectivity index (χ0v) is 12.6. The molecule has 1 aliphatic carbocycles. The number of nitrogens with zero attached hydrogens (tertiary/aromatic N) is 2. The first kappa shape index (κ1) is 15.4. The number of aryl methyl sites for hydroxylation is 2. The lowest BCUT2D eigenvalue weighted by molar-refractivity contribution is 0.0315. The highest BCUT2D eigenvalue weighted by Gasteiger charge is 2.21. The first-order chi connectivity index (χ1) is 9.56. The Bertz CT molecular complexity index is 435. The van der Waals surface area contributed by atoms with Gasteiger partial charge in [-0.1, -0.05) is 0 Å². The number of rotatable bonds is 8. The fourth-order valence-electron chi connectivity index (χ4n) is 2.15. The molecular weight excluding hydrogens is 254 g/mol. The van der Waals surface area contributed by atoms with Crippen molar-refractivity contribution < 1.29 is 9.84 Å². The van der Waals surface area contributed by atoms with Crippen molar-refractivity contribution in [2.24, 2.45) is 5.92 Å². The van der Waals surface area contributed by atoms with Crippen molar-refractivity contribution in [1.82, 2.24) is 15.3 Å². The minimum Gasteiger partial charge on any atom is -0.389 e. The van der Waals surface area contributed by atoms with E-state index in [9.17, 15) is 5.11 Å². The summed E-state index contributed by atoms with van der Waals surface area (Å²) in [5.74, 6) is 1.52. The van der Waals surface area contributed by atoms with Crippen molar-refractivity contribution in [2.75, 3.05) is 19.8 Å². The monoisotopic (exact) mass is 279 g/mol. The van der Waals surface area contributed by atoms with E-state index in [1.54, 1.807) is 0 Å². The summed E-state index contributed by atoms with van der Waals surface area (Å²) in [6.45, 7) is 7.63. The fraction of sp³-hybridized carbons (Fsp3) is 0.733. The molecule has 0 bridgehead atoms. The molecule has 0 aliphatic heterocycles. The molecule has 0 saturated heterocycles. The summed E-state index contributed by atoms with van der Waals surface area (Å²) < 4.78 is 5.48. The SMILES string of the molecule is Cc1ncc(C(C)NCC(O)COCC2CC2)c(C)n1. The minimum atomic E-state index is -0.470. The van der Waals surface area contributed by atoms with Crippen LogP contribution in [0.4, 0.5) is 0 Å². The topological polar surface area (TPSA) is 67.3 Å². The van der Waals surface area contributed by atoms with Gasteiger partial charge < -0.3 is 15.2 Å². The van der Waals surface area contributed by atoms with Crippen molar-refractivity contribution in [2.45, 2.75) is 45.8 Å². The lowest BCUT2D eigenvalue weighted by Gasteiger charge is -2.18. The van der Waals surface area contributed by atoms with Crippen LogP contribution in [0, 0.1) is 19.8 Å². The number of aliphatic hydroxyl groups excluding tert-OH is 1. The molecule has 1 fully saturated rings. The second-order valence-electron chi connectivity index (χ2n) is 5.72. The third-order valence-electron chi connectivity index (χ3n) is 3.62. The molecule has 0 aromatic carbocycles. The third kappa shape index (κ3) is 4.81. The maximum absolute atomic E-state index is 9.87. The quantitative estimate of drug-likeness (QED) is 0.755. The van der Waals surface area contributed by atoms with Gasteiger partial charge in [-0.25, -0.2) is 9.97 Å². The number of aromatic nitrogens is 2. The van der Waals surface area contributed by atoms with E-state index in [1.807, 2.05) is 20.0 Å². The maximum Gasteiger partial charge on any atom is 0.125 e. The number of ether oxygens (including phenoxy) is 1. The van der Waals surface area contributed by atoms with Gasteiger partial charge in [-0.05, 0) is 39.5 Å². The fourth-order valence-corrected chi connectivity index (χ4v) is 2.15. The van der Waals surface area contributed by atoms with Crippen LogP contribution in [0.5, 0.6) is 0 Å². The summed E-state index contributed by atoms with van der Waals surface area (Å²) in [5, 5.41) is 13.2. The molecule has 0 radical (unpaired) electrons. The molecule has 2 unspecified atom stereocenters. The first-order valence-corrected chi connectivity index (χ1v) is 7.35. The molecule has 1 aliphatic rings. The molecular formula is C15H25N3O2. The Hall–Kier alpha value is -1.04. The van der Waals surface area contributed by atoms with Gasteiger partial charge in [0, 0.05) is 36.6 Å². The van der Waals surface area contributed by atoms with Crippen molar-refractivity contribution in [3.63, 3.8) is 0 Å². The largest absolute Gasteiger partial charge is 0.389 e. The van der Waals surface area contributed by atoms with E-state index < -0.39 is 6.10 Å². The molecule has 0 amide bonds.